The summed E-state index contributed by atoms with van der Waals surface area (Å²) in [5.41, 5.74) is 2.99. The molecular formula is C20H26N4O4. The van der Waals surface area contributed by atoms with E-state index < -0.39 is 0 Å². The molecular weight excluding hydrogens is 360 g/mol. The molecule has 28 heavy (non-hydrogen) atoms. The predicted molar refractivity (Wildman–Crippen MR) is 107 cm³/mol. The average Bonchev–Trinajstić information content (AvgIpc) is 2.68. The van der Waals surface area contributed by atoms with E-state index in [-0.39, 0.29) is 24.6 Å². The quantitative estimate of drug-likeness (QED) is 0.809. The summed E-state index contributed by atoms with van der Waals surface area (Å²) >= 11 is 0. The van der Waals surface area contributed by atoms with Crippen molar-refractivity contribution < 1.29 is 14.3 Å². The first kappa shape index (κ1) is 20.0. The Morgan fingerprint density at radius 1 is 1.25 bits per heavy atom. The van der Waals surface area contributed by atoms with Crippen molar-refractivity contribution in [3.05, 3.63) is 51.4 Å². The number of hydrogen-bond donors (Lipinski definition) is 1. The molecule has 1 aromatic heterocycles. The zero-order chi connectivity index (χ0) is 20.1. The monoisotopic (exact) mass is 386 g/mol. The van der Waals surface area contributed by atoms with E-state index in [2.05, 4.69) is 10.3 Å². The Balaban J connectivity index is 1.89. The molecule has 0 spiro atoms. The van der Waals surface area contributed by atoms with Crippen molar-refractivity contribution in [1.82, 2.24) is 9.55 Å². The Morgan fingerprint density at radius 2 is 1.93 bits per heavy atom. The van der Waals surface area contributed by atoms with E-state index >= 15 is 0 Å². The maximum absolute atomic E-state index is 12.7. The maximum atomic E-state index is 12.7. The van der Waals surface area contributed by atoms with E-state index in [1.54, 1.807) is 7.11 Å². The van der Waals surface area contributed by atoms with Crippen LogP contribution in [0.5, 0.6) is 0 Å². The lowest BCUT2D eigenvalue weighted by atomic mass is 10.1. The minimum absolute atomic E-state index is 0.112. The van der Waals surface area contributed by atoms with Gasteiger partial charge in [-0.15, -0.1) is 0 Å². The molecule has 0 atom stereocenters. The number of anilines is 2. The largest absolute Gasteiger partial charge is 0.378 e. The van der Waals surface area contributed by atoms with E-state index in [1.165, 1.54) is 10.6 Å². The molecule has 0 aliphatic carbocycles. The fraction of sp³-hybridized carbons (Fsp3) is 0.450. The Morgan fingerprint density at radius 3 is 2.57 bits per heavy atom. The Labute approximate surface area is 164 Å². The number of carbonyl (C=O) groups is 1. The standard InChI is InChI=1S/C20H26N4O4/c1-14-5-4-6-15(2)19(14)22-17(25)12-24-18(26)11-16(13-27-3)21-20(24)23-7-9-28-10-8-23/h4-6,11H,7-10,12-13H2,1-3H3,(H,22,25). The topological polar surface area (TPSA) is 85.7 Å². The highest BCUT2D eigenvalue weighted by Crippen LogP contribution is 2.20. The van der Waals surface area contributed by atoms with E-state index in [0.29, 0.717) is 37.9 Å². The van der Waals surface area contributed by atoms with Gasteiger partial charge in [0.25, 0.3) is 5.56 Å². The van der Waals surface area contributed by atoms with E-state index in [0.717, 1.165) is 16.8 Å². The van der Waals surface area contributed by atoms with Crippen LogP contribution in [0.2, 0.25) is 0 Å². The molecule has 2 aromatic rings. The Kier molecular flexibility index (Phi) is 6.43. The van der Waals surface area contributed by atoms with Crippen molar-refractivity contribution in [3.63, 3.8) is 0 Å². The van der Waals surface area contributed by atoms with Crippen LogP contribution in [0.4, 0.5) is 11.6 Å². The van der Waals surface area contributed by atoms with Gasteiger partial charge in [-0.1, -0.05) is 18.2 Å². The zero-order valence-electron chi connectivity index (χ0n) is 16.5. The SMILES string of the molecule is COCc1cc(=O)n(CC(=O)Nc2c(C)cccc2C)c(N2CCOCC2)n1. The molecule has 1 aromatic carbocycles. The number of hydrogen-bond acceptors (Lipinski definition) is 6. The summed E-state index contributed by atoms with van der Waals surface area (Å²) in [5, 5.41) is 2.93. The molecule has 1 amide bonds. The second kappa shape index (κ2) is 8.99. The van der Waals surface area contributed by atoms with Crippen LogP contribution in [-0.4, -0.2) is 48.9 Å². The number of amides is 1. The highest BCUT2D eigenvalue weighted by atomic mass is 16.5. The molecule has 1 saturated heterocycles. The van der Waals surface area contributed by atoms with Crippen LogP contribution < -0.4 is 15.8 Å². The first-order valence-corrected chi connectivity index (χ1v) is 9.28. The summed E-state index contributed by atoms with van der Waals surface area (Å²) in [6.07, 6.45) is 0. The summed E-state index contributed by atoms with van der Waals surface area (Å²) < 4.78 is 11.9. The van der Waals surface area contributed by atoms with Crippen molar-refractivity contribution in [3.8, 4) is 0 Å². The summed E-state index contributed by atoms with van der Waals surface area (Å²) in [4.78, 5) is 32.0. The minimum atomic E-state index is -0.278. The first-order chi connectivity index (χ1) is 13.5. The highest BCUT2D eigenvalue weighted by molar-refractivity contribution is 5.92. The molecule has 0 unspecified atom stereocenters. The summed E-state index contributed by atoms with van der Waals surface area (Å²) in [6, 6.07) is 7.24. The maximum Gasteiger partial charge on any atom is 0.255 e. The first-order valence-electron chi connectivity index (χ1n) is 9.28. The Hall–Kier alpha value is -2.71. The normalized spacial score (nSPS) is 14.2. The minimum Gasteiger partial charge on any atom is -0.378 e. The molecule has 150 valence electrons. The van der Waals surface area contributed by atoms with Gasteiger partial charge >= 0.3 is 0 Å². The fourth-order valence-electron chi connectivity index (χ4n) is 3.25. The molecule has 1 aliphatic heterocycles. The number of nitrogens with one attached hydrogen (secondary N) is 1. The van der Waals surface area contributed by atoms with Gasteiger partial charge in [0, 0.05) is 32.0 Å². The molecule has 1 N–H and O–H groups in total. The van der Waals surface area contributed by atoms with Gasteiger partial charge in [-0.3, -0.25) is 14.2 Å². The fourth-order valence-corrected chi connectivity index (χ4v) is 3.25. The number of aromatic nitrogens is 2. The second-order valence-electron chi connectivity index (χ2n) is 6.82. The van der Waals surface area contributed by atoms with Crippen molar-refractivity contribution in [2.45, 2.75) is 27.0 Å². The Bertz CT molecular complexity index is 883. The lowest BCUT2D eigenvalue weighted by Gasteiger charge is -2.29. The van der Waals surface area contributed by atoms with Gasteiger partial charge in [0.15, 0.2) is 0 Å². The van der Waals surface area contributed by atoms with E-state index in [9.17, 15) is 9.59 Å². The molecule has 0 radical (unpaired) electrons. The van der Waals surface area contributed by atoms with Gasteiger partial charge in [-0.25, -0.2) is 4.98 Å². The number of ether oxygens (including phenoxy) is 2. The van der Waals surface area contributed by atoms with Gasteiger partial charge in [-0.05, 0) is 25.0 Å². The molecule has 0 saturated carbocycles. The van der Waals surface area contributed by atoms with E-state index in [4.69, 9.17) is 9.47 Å². The molecule has 8 nitrogen and oxygen atoms in total. The van der Waals surface area contributed by atoms with Crippen LogP contribution in [0.25, 0.3) is 0 Å². The molecule has 1 fully saturated rings. The van der Waals surface area contributed by atoms with E-state index in [1.807, 2.05) is 36.9 Å². The molecule has 2 heterocycles. The molecule has 1 aliphatic rings. The number of rotatable bonds is 6. The van der Waals surface area contributed by atoms with Crippen LogP contribution in [0.15, 0.2) is 29.1 Å². The van der Waals surface area contributed by atoms with Crippen molar-refractivity contribution in [2.75, 3.05) is 43.6 Å². The third-order valence-corrected chi connectivity index (χ3v) is 4.67. The summed E-state index contributed by atoms with van der Waals surface area (Å²) in [7, 11) is 1.56. The van der Waals surface area contributed by atoms with Crippen molar-refractivity contribution in [1.29, 1.82) is 0 Å². The van der Waals surface area contributed by atoms with Crippen molar-refractivity contribution >= 4 is 17.5 Å². The number of para-hydroxylation sites is 1. The highest BCUT2D eigenvalue weighted by Gasteiger charge is 2.20. The lowest BCUT2D eigenvalue weighted by Crippen LogP contribution is -2.42. The van der Waals surface area contributed by atoms with Gasteiger partial charge < -0.3 is 19.7 Å². The number of morpholine rings is 1. The van der Waals surface area contributed by atoms with Gasteiger partial charge in [0.05, 0.1) is 25.5 Å². The van der Waals surface area contributed by atoms with Crippen molar-refractivity contribution in [2.24, 2.45) is 0 Å². The number of nitrogens with zero attached hydrogens (tertiary/aromatic N) is 3. The number of benzene rings is 1. The number of methoxy groups -OCH3 is 1. The van der Waals surface area contributed by atoms with Gasteiger partial charge in [0.2, 0.25) is 11.9 Å². The number of aryl methyl sites for hydroxylation is 2. The molecule has 8 heteroatoms. The predicted octanol–water partition coefficient (Wildman–Crippen LogP) is 1.48. The molecule has 0 bridgehead atoms. The summed E-state index contributed by atoms with van der Waals surface area (Å²) in [6.45, 7) is 6.34. The van der Waals surface area contributed by atoms with Crippen LogP contribution in [-0.2, 0) is 27.4 Å². The van der Waals surface area contributed by atoms with Crippen LogP contribution in [0.3, 0.4) is 0 Å². The van der Waals surface area contributed by atoms with Crippen LogP contribution in [0.1, 0.15) is 16.8 Å². The average molecular weight is 386 g/mol. The third kappa shape index (κ3) is 4.58. The second-order valence-corrected chi connectivity index (χ2v) is 6.82. The van der Waals surface area contributed by atoms with Crippen LogP contribution in [0, 0.1) is 13.8 Å². The zero-order valence-corrected chi connectivity index (χ0v) is 16.5. The van der Waals surface area contributed by atoms with Gasteiger partial charge in [-0.2, -0.15) is 0 Å². The lowest BCUT2D eigenvalue weighted by molar-refractivity contribution is -0.116. The molecule has 3 rings (SSSR count). The number of carbonyl (C=O) groups excluding carboxylic acids is 1. The summed E-state index contributed by atoms with van der Waals surface area (Å²) in [5.74, 6) is 0.204. The third-order valence-electron chi connectivity index (χ3n) is 4.67. The van der Waals surface area contributed by atoms with Crippen LogP contribution >= 0.6 is 0 Å². The smallest absolute Gasteiger partial charge is 0.255 e. The van der Waals surface area contributed by atoms with Gasteiger partial charge in [0.1, 0.15) is 6.54 Å².